The molecule has 4 heteroatoms. The summed E-state index contributed by atoms with van der Waals surface area (Å²) in [5.41, 5.74) is 3.90. The van der Waals surface area contributed by atoms with Gasteiger partial charge in [0.05, 0.1) is 31.0 Å². The van der Waals surface area contributed by atoms with Crippen LogP contribution in [0.3, 0.4) is 0 Å². The molecule has 0 amide bonds. The van der Waals surface area contributed by atoms with Gasteiger partial charge in [0.1, 0.15) is 0 Å². The second-order valence-corrected chi connectivity index (χ2v) is 11.0. The molecule has 2 fully saturated rings. The topological polar surface area (TPSA) is 69.9 Å². The summed E-state index contributed by atoms with van der Waals surface area (Å²) in [7, 11) is 0. The quantitative estimate of drug-likeness (QED) is 0.589. The van der Waals surface area contributed by atoms with Crippen molar-refractivity contribution in [3.05, 3.63) is 34.9 Å². The van der Waals surface area contributed by atoms with Crippen molar-refractivity contribution in [3.8, 4) is 0 Å². The zero-order chi connectivity index (χ0) is 21.8. The molecule has 0 unspecified atom stereocenters. The van der Waals surface area contributed by atoms with Crippen molar-refractivity contribution in [3.63, 3.8) is 0 Å². The van der Waals surface area contributed by atoms with E-state index in [-0.39, 0.29) is 22.9 Å². The maximum absolute atomic E-state index is 11.0. The summed E-state index contributed by atoms with van der Waals surface area (Å²) in [6.45, 7) is 11.1. The van der Waals surface area contributed by atoms with Crippen LogP contribution in [0.2, 0.25) is 0 Å². The van der Waals surface area contributed by atoms with Crippen molar-refractivity contribution in [2.24, 2.45) is 28.6 Å². The van der Waals surface area contributed by atoms with Crippen molar-refractivity contribution in [1.82, 2.24) is 0 Å². The first-order valence-corrected chi connectivity index (χ1v) is 11.9. The number of hydrogen-bond acceptors (Lipinski definition) is 4. The second-order valence-electron chi connectivity index (χ2n) is 11.0. The van der Waals surface area contributed by atoms with E-state index in [4.69, 9.17) is 4.74 Å². The number of allylic oxidation sites excluding steroid dienone is 4. The summed E-state index contributed by atoms with van der Waals surface area (Å²) in [4.78, 5) is 0. The van der Waals surface area contributed by atoms with Crippen LogP contribution in [-0.4, -0.2) is 46.3 Å². The van der Waals surface area contributed by atoms with Gasteiger partial charge in [0.2, 0.25) is 0 Å². The zero-order valence-electron chi connectivity index (χ0n) is 19.3. The number of ether oxygens (including phenoxy) is 1. The van der Waals surface area contributed by atoms with Gasteiger partial charge in [0.15, 0.2) is 0 Å². The Bertz CT molecular complexity index is 765. The predicted octanol–water partition coefficient (Wildman–Crippen LogP) is 4.16. The lowest BCUT2D eigenvalue weighted by molar-refractivity contribution is -0.0514. The summed E-state index contributed by atoms with van der Waals surface area (Å²) in [5, 5.41) is 31.3. The molecule has 4 rings (SSSR count). The van der Waals surface area contributed by atoms with Crippen LogP contribution in [0.15, 0.2) is 34.9 Å². The highest BCUT2D eigenvalue weighted by atomic mass is 16.5. The predicted molar refractivity (Wildman–Crippen MR) is 119 cm³/mol. The molecule has 2 saturated carbocycles. The summed E-state index contributed by atoms with van der Waals surface area (Å²) >= 11 is 0. The minimum absolute atomic E-state index is 0.00579. The number of aliphatic hydroxyl groups is 3. The second kappa shape index (κ2) is 7.88. The lowest BCUT2D eigenvalue weighted by atomic mass is 9.49. The maximum Gasteiger partial charge on any atom is 0.0796 e. The monoisotopic (exact) mass is 416 g/mol. The van der Waals surface area contributed by atoms with Gasteiger partial charge in [-0.2, -0.15) is 0 Å². The fourth-order valence-electron chi connectivity index (χ4n) is 6.82. The van der Waals surface area contributed by atoms with E-state index in [2.05, 4.69) is 39.0 Å². The molecule has 8 atom stereocenters. The van der Waals surface area contributed by atoms with Gasteiger partial charge >= 0.3 is 0 Å². The first-order valence-electron chi connectivity index (χ1n) is 11.9. The van der Waals surface area contributed by atoms with Gasteiger partial charge in [-0.3, -0.25) is 0 Å². The highest BCUT2D eigenvalue weighted by Crippen LogP contribution is 2.64. The molecule has 0 heterocycles. The molecule has 30 heavy (non-hydrogen) atoms. The Morgan fingerprint density at radius 3 is 2.57 bits per heavy atom. The van der Waals surface area contributed by atoms with E-state index >= 15 is 0 Å². The first kappa shape index (κ1) is 22.3. The Morgan fingerprint density at radius 2 is 1.87 bits per heavy atom. The standard InChI is InChI=1S/C26H40O4/c1-15(2)23(28)14-30-16(3)20-8-9-21-19-7-6-17-12-18(27)13-24(29)26(17,5)22(19)10-11-25(20,21)4/h6-8,15-16,18,21-24,27-29H,9-14H2,1-5H3/t16-,18-,21+,22+,23+,24+,25-,26+/m1/s1. The molecule has 0 aromatic carbocycles. The average Bonchev–Trinajstić information content (AvgIpc) is 3.04. The third-order valence-electron chi connectivity index (χ3n) is 9.02. The smallest absolute Gasteiger partial charge is 0.0796 e. The molecule has 0 aromatic heterocycles. The largest absolute Gasteiger partial charge is 0.393 e. The fraction of sp³-hybridized carbons (Fsp3) is 0.769. The molecular weight excluding hydrogens is 376 g/mol. The van der Waals surface area contributed by atoms with Crippen molar-refractivity contribution < 1.29 is 20.1 Å². The number of hydrogen-bond donors (Lipinski definition) is 3. The molecule has 0 aromatic rings. The van der Waals surface area contributed by atoms with E-state index in [0.29, 0.717) is 31.3 Å². The van der Waals surface area contributed by atoms with E-state index in [1.807, 2.05) is 13.8 Å². The average molecular weight is 417 g/mol. The minimum atomic E-state index is -0.487. The highest BCUT2D eigenvalue weighted by molar-refractivity contribution is 5.43. The van der Waals surface area contributed by atoms with E-state index in [0.717, 1.165) is 19.3 Å². The number of aliphatic hydroxyl groups excluding tert-OH is 3. The zero-order valence-corrected chi connectivity index (χ0v) is 19.3. The Balaban J connectivity index is 1.56. The molecule has 168 valence electrons. The Hall–Kier alpha value is -0.940. The molecule has 0 aliphatic heterocycles. The third kappa shape index (κ3) is 3.35. The number of fused-ring (bicyclic) bond motifs is 5. The molecule has 4 aliphatic rings. The fourth-order valence-corrected chi connectivity index (χ4v) is 6.82. The van der Waals surface area contributed by atoms with Gasteiger partial charge in [-0.15, -0.1) is 0 Å². The van der Waals surface area contributed by atoms with Crippen LogP contribution in [0.25, 0.3) is 0 Å². The summed E-state index contributed by atoms with van der Waals surface area (Å²) < 4.78 is 6.12. The van der Waals surface area contributed by atoms with Gasteiger partial charge in [-0.1, -0.05) is 57.1 Å². The van der Waals surface area contributed by atoms with E-state index in [1.165, 1.54) is 16.7 Å². The lowest BCUT2D eigenvalue weighted by Crippen LogP contribution is -2.52. The van der Waals surface area contributed by atoms with Gasteiger partial charge in [0, 0.05) is 11.8 Å². The Kier molecular flexibility index (Phi) is 5.85. The van der Waals surface area contributed by atoms with Gasteiger partial charge in [0.25, 0.3) is 0 Å². The van der Waals surface area contributed by atoms with Crippen LogP contribution in [0.5, 0.6) is 0 Å². The molecule has 0 saturated heterocycles. The highest BCUT2D eigenvalue weighted by Gasteiger charge is 2.57. The van der Waals surface area contributed by atoms with Crippen LogP contribution >= 0.6 is 0 Å². The minimum Gasteiger partial charge on any atom is -0.393 e. The summed E-state index contributed by atoms with van der Waals surface area (Å²) in [6.07, 6.45) is 9.86. The molecule has 4 nitrogen and oxygen atoms in total. The van der Waals surface area contributed by atoms with Crippen molar-refractivity contribution in [2.75, 3.05) is 6.61 Å². The van der Waals surface area contributed by atoms with E-state index in [1.54, 1.807) is 0 Å². The Labute approximate surface area is 181 Å². The third-order valence-corrected chi connectivity index (χ3v) is 9.02. The van der Waals surface area contributed by atoms with Crippen LogP contribution in [-0.2, 0) is 4.74 Å². The molecular formula is C26H40O4. The normalized spacial score (nSPS) is 42.5. The van der Waals surface area contributed by atoms with Crippen LogP contribution in [0, 0.1) is 28.6 Å². The van der Waals surface area contributed by atoms with Crippen molar-refractivity contribution >= 4 is 0 Å². The molecule has 0 bridgehead atoms. The van der Waals surface area contributed by atoms with E-state index < -0.39 is 18.3 Å². The molecule has 0 radical (unpaired) electrons. The lowest BCUT2D eigenvalue weighted by Gasteiger charge is -2.56. The van der Waals surface area contributed by atoms with Gasteiger partial charge in [-0.25, -0.2) is 0 Å². The van der Waals surface area contributed by atoms with Gasteiger partial charge < -0.3 is 20.1 Å². The van der Waals surface area contributed by atoms with Gasteiger partial charge in [-0.05, 0) is 61.3 Å². The SMILES string of the molecule is CC(C)[C@@H](O)CO[C@H](C)C1=CC[C@H]2C3=CC=C4C[C@@H](O)C[C@H](O)[C@]4(C)[C@H]3CC[C@]12C. The van der Waals surface area contributed by atoms with Crippen molar-refractivity contribution in [2.45, 2.75) is 91.1 Å². The maximum atomic E-state index is 11.0. The van der Waals surface area contributed by atoms with Crippen LogP contribution in [0.4, 0.5) is 0 Å². The van der Waals surface area contributed by atoms with E-state index in [9.17, 15) is 15.3 Å². The number of rotatable bonds is 5. The van der Waals surface area contributed by atoms with Crippen LogP contribution in [0.1, 0.15) is 66.7 Å². The van der Waals surface area contributed by atoms with Crippen LogP contribution < -0.4 is 0 Å². The molecule has 3 N–H and O–H groups in total. The first-order chi connectivity index (χ1) is 14.1. The molecule has 4 aliphatic carbocycles. The summed E-state index contributed by atoms with van der Waals surface area (Å²) in [6, 6.07) is 0. The van der Waals surface area contributed by atoms with Crippen molar-refractivity contribution in [1.29, 1.82) is 0 Å². The summed E-state index contributed by atoms with van der Waals surface area (Å²) in [5.74, 6) is 0.994. The molecule has 0 spiro atoms. The Morgan fingerprint density at radius 1 is 1.13 bits per heavy atom.